The van der Waals surface area contributed by atoms with Crippen molar-refractivity contribution in [1.29, 1.82) is 0 Å². The molecule has 0 aliphatic rings. The zero-order chi connectivity index (χ0) is 11.5. The van der Waals surface area contributed by atoms with Gasteiger partial charge in [0, 0.05) is 0 Å². The highest BCUT2D eigenvalue weighted by Crippen LogP contribution is 2.21. The molecule has 82 valence electrons. The predicted octanol–water partition coefficient (Wildman–Crippen LogP) is 2.27. The number of hydrogen-bond donors (Lipinski definition) is 0. The highest BCUT2D eigenvalue weighted by atomic mass is 19.1. The van der Waals surface area contributed by atoms with Gasteiger partial charge in [0.15, 0.2) is 5.69 Å². The molecule has 4 nitrogen and oxygen atoms in total. The van der Waals surface area contributed by atoms with Gasteiger partial charge in [-0.05, 0) is 12.1 Å². The van der Waals surface area contributed by atoms with Crippen LogP contribution in [0.1, 0.15) is 10.5 Å². The maximum atomic E-state index is 13.4. The van der Waals surface area contributed by atoms with Crippen LogP contribution < -0.4 is 0 Å². The number of nitrogens with zero attached hydrogens (tertiary/aromatic N) is 1. The van der Waals surface area contributed by atoms with Crippen LogP contribution in [0.5, 0.6) is 0 Å². The van der Waals surface area contributed by atoms with E-state index >= 15 is 0 Å². The van der Waals surface area contributed by atoms with E-state index in [2.05, 4.69) is 9.72 Å². The quantitative estimate of drug-likeness (QED) is 0.730. The standard InChI is InChI=1S/C11H8FNO3/c1-15-11(14)9-6-16-10(13-9)7-4-2-3-5-8(7)12/h2-6H,1H3. The molecule has 2 rings (SSSR count). The number of carbonyl (C=O) groups excluding carboxylic acids is 1. The van der Waals surface area contributed by atoms with Gasteiger partial charge in [-0.15, -0.1) is 0 Å². The van der Waals surface area contributed by atoms with Crippen LogP contribution in [0.15, 0.2) is 34.9 Å². The van der Waals surface area contributed by atoms with Gasteiger partial charge in [0.05, 0.1) is 12.7 Å². The first-order valence-corrected chi connectivity index (χ1v) is 4.51. The zero-order valence-electron chi connectivity index (χ0n) is 8.44. The minimum Gasteiger partial charge on any atom is -0.464 e. The Morgan fingerprint density at radius 1 is 1.44 bits per heavy atom. The van der Waals surface area contributed by atoms with E-state index < -0.39 is 11.8 Å². The van der Waals surface area contributed by atoms with Crippen molar-refractivity contribution < 1.29 is 18.3 Å². The van der Waals surface area contributed by atoms with E-state index in [0.29, 0.717) is 0 Å². The molecule has 2 aromatic rings. The second-order valence-electron chi connectivity index (χ2n) is 3.01. The summed E-state index contributed by atoms with van der Waals surface area (Å²) in [7, 11) is 1.24. The molecule has 1 heterocycles. The normalized spacial score (nSPS) is 10.1. The van der Waals surface area contributed by atoms with Crippen molar-refractivity contribution >= 4 is 5.97 Å². The smallest absolute Gasteiger partial charge is 0.360 e. The molecule has 0 saturated carbocycles. The first-order chi connectivity index (χ1) is 7.72. The molecule has 0 N–H and O–H groups in total. The van der Waals surface area contributed by atoms with Crippen LogP contribution in [0.3, 0.4) is 0 Å². The van der Waals surface area contributed by atoms with Gasteiger partial charge in [-0.25, -0.2) is 14.2 Å². The van der Waals surface area contributed by atoms with Crippen LogP contribution >= 0.6 is 0 Å². The number of rotatable bonds is 2. The minimum atomic E-state index is -0.619. The third-order valence-corrected chi connectivity index (χ3v) is 2.00. The Morgan fingerprint density at radius 3 is 2.88 bits per heavy atom. The van der Waals surface area contributed by atoms with E-state index in [1.54, 1.807) is 12.1 Å². The number of methoxy groups -OCH3 is 1. The van der Waals surface area contributed by atoms with Crippen molar-refractivity contribution in [3.05, 3.63) is 42.0 Å². The van der Waals surface area contributed by atoms with Gasteiger partial charge in [0.1, 0.15) is 12.1 Å². The topological polar surface area (TPSA) is 52.3 Å². The SMILES string of the molecule is COC(=O)c1coc(-c2ccccc2F)n1. The number of ether oxygens (including phenoxy) is 1. The fourth-order valence-electron chi connectivity index (χ4n) is 1.23. The van der Waals surface area contributed by atoms with Crippen LogP contribution in [-0.4, -0.2) is 18.1 Å². The van der Waals surface area contributed by atoms with E-state index in [1.165, 1.54) is 19.2 Å². The lowest BCUT2D eigenvalue weighted by Crippen LogP contribution is -2.01. The molecule has 0 radical (unpaired) electrons. The third-order valence-electron chi connectivity index (χ3n) is 2.00. The molecule has 0 amide bonds. The number of hydrogen-bond acceptors (Lipinski definition) is 4. The Labute approximate surface area is 90.7 Å². The van der Waals surface area contributed by atoms with Crippen LogP contribution in [0.4, 0.5) is 4.39 Å². The minimum absolute atomic E-state index is 0.0146. The predicted molar refractivity (Wildman–Crippen MR) is 53.2 cm³/mol. The van der Waals surface area contributed by atoms with Gasteiger partial charge >= 0.3 is 5.97 Å². The zero-order valence-corrected chi connectivity index (χ0v) is 8.44. The van der Waals surface area contributed by atoms with Gasteiger partial charge < -0.3 is 9.15 Å². The van der Waals surface area contributed by atoms with E-state index in [0.717, 1.165) is 6.26 Å². The van der Waals surface area contributed by atoms with Crippen LogP contribution in [0.25, 0.3) is 11.5 Å². The fraction of sp³-hybridized carbons (Fsp3) is 0.0909. The molecule has 0 bridgehead atoms. The van der Waals surface area contributed by atoms with E-state index in [4.69, 9.17) is 4.42 Å². The maximum absolute atomic E-state index is 13.4. The second-order valence-corrected chi connectivity index (χ2v) is 3.01. The van der Waals surface area contributed by atoms with Crippen LogP contribution in [-0.2, 0) is 4.74 Å². The first kappa shape index (κ1) is 10.4. The molecule has 1 aromatic carbocycles. The molecular formula is C11H8FNO3. The highest BCUT2D eigenvalue weighted by Gasteiger charge is 2.15. The monoisotopic (exact) mass is 221 g/mol. The molecule has 0 fully saturated rings. The Balaban J connectivity index is 2.39. The summed E-state index contributed by atoms with van der Waals surface area (Å²) in [6.45, 7) is 0. The van der Waals surface area contributed by atoms with Crippen LogP contribution in [0, 0.1) is 5.82 Å². The second kappa shape index (κ2) is 4.14. The maximum Gasteiger partial charge on any atom is 0.360 e. The number of benzene rings is 1. The van der Waals surface area contributed by atoms with Crippen molar-refractivity contribution in [2.24, 2.45) is 0 Å². The van der Waals surface area contributed by atoms with Gasteiger partial charge in [0.2, 0.25) is 5.89 Å². The largest absolute Gasteiger partial charge is 0.464 e. The van der Waals surface area contributed by atoms with E-state index in [1.807, 2.05) is 0 Å². The Kier molecular flexibility index (Phi) is 2.68. The van der Waals surface area contributed by atoms with Crippen molar-refractivity contribution in [1.82, 2.24) is 4.98 Å². The number of carbonyl (C=O) groups is 1. The van der Waals surface area contributed by atoms with Gasteiger partial charge in [-0.2, -0.15) is 0 Å². The number of oxazole rings is 1. The molecule has 5 heteroatoms. The summed E-state index contributed by atoms with van der Waals surface area (Å²) < 4.78 is 22.8. The molecule has 0 spiro atoms. The molecule has 0 saturated heterocycles. The molecular weight excluding hydrogens is 213 g/mol. The molecule has 0 aliphatic heterocycles. The van der Waals surface area contributed by atoms with Crippen molar-refractivity contribution in [2.75, 3.05) is 7.11 Å². The van der Waals surface area contributed by atoms with Crippen molar-refractivity contribution in [2.45, 2.75) is 0 Å². The summed E-state index contributed by atoms with van der Waals surface area (Å²) in [6.07, 6.45) is 1.13. The van der Waals surface area contributed by atoms with Gasteiger partial charge in [-0.1, -0.05) is 12.1 Å². The average Bonchev–Trinajstić information content (AvgIpc) is 2.78. The average molecular weight is 221 g/mol. The Hall–Kier alpha value is -2.17. The summed E-state index contributed by atoms with van der Waals surface area (Å²) in [5, 5.41) is 0. The van der Waals surface area contributed by atoms with Gasteiger partial charge in [0.25, 0.3) is 0 Å². The molecule has 16 heavy (non-hydrogen) atoms. The fourth-order valence-corrected chi connectivity index (χ4v) is 1.23. The highest BCUT2D eigenvalue weighted by molar-refractivity contribution is 5.87. The van der Waals surface area contributed by atoms with Crippen molar-refractivity contribution in [3.8, 4) is 11.5 Å². The number of aromatic nitrogens is 1. The Bertz CT molecular complexity index is 521. The first-order valence-electron chi connectivity index (χ1n) is 4.51. The van der Waals surface area contributed by atoms with Crippen molar-refractivity contribution in [3.63, 3.8) is 0 Å². The molecule has 0 atom stereocenters. The molecule has 1 aromatic heterocycles. The lowest BCUT2D eigenvalue weighted by atomic mass is 10.2. The lowest BCUT2D eigenvalue weighted by molar-refractivity contribution is 0.0594. The Morgan fingerprint density at radius 2 is 2.19 bits per heavy atom. The van der Waals surface area contributed by atoms with Crippen LogP contribution in [0.2, 0.25) is 0 Å². The number of esters is 1. The summed E-state index contributed by atoms with van der Waals surface area (Å²) in [5.41, 5.74) is 0.221. The number of halogens is 1. The summed E-state index contributed by atoms with van der Waals surface area (Å²) in [6, 6.07) is 6.02. The van der Waals surface area contributed by atoms with E-state index in [9.17, 15) is 9.18 Å². The summed E-state index contributed by atoms with van der Waals surface area (Å²) in [4.78, 5) is 14.9. The van der Waals surface area contributed by atoms with Gasteiger partial charge in [-0.3, -0.25) is 0 Å². The summed E-state index contributed by atoms with van der Waals surface area (Å²) in [5.74, 6) is -1.02. The molecule has 0 aliphatic carbocycles. The third kappa shape index (κ3) is 1.79. The lowest BCUT2D eigenvalue weighted by Gasteiger charge is -1.95. The summed E-state index contributed by atoms with van der Waals surface area (Å²) >= 11 is 0. The molecule has 0 unspecified atom stereocenters. The van der Waals surface area contributed by atoms with E-state index in [-0.39, 0.29) is 17.1 Å².